The second kappa shape index (κ2) is 10.1. The summed E-state index contributed by atoms with van der Waals surface area (Å²) in [7, 11) is 0. The standard InChI is InChI=1S/C20H25ClN4.HI/c1-2-23-19(24-12-8-16-5-4-11-22-14-16)25-15-20(9-10-20)17-6-3-7-18(21)13-17;/h3-7,11,13-14H,2,8-10,12,15H2,1H3,(H2,23,24,25);1H. The fourth-order valence-electron chi connectivity index (χ4n) is 2.95. The summed E-state index contributed by atoms with van der Waals surface area (Å²) in [4.78, 5) is 8.97. The van der Waals surface area contributed by atoms with E-state index in [1.165, 1.54) is 24.0 Å². The minimum Gasteiger partial charge on any atom is -0.357 e. The number of guanidine groups is 1. The van der Waals surface area contributed by atoms with Gasteiger partial charge in [0.15, 0.2) is 5.96 Å². The van der Waals surface area contributed by atoms with Crippen molar-refractivity contribution in [2.24, 2.45) is 4.99 Å². The third-order valence-electron chi connectivity index (χ3n) is 4.60. The lowest BCUT2D eigenvalue weighted by molar-refractivity contribution is 0.692. The van der Waals surface area contributed by atoms with Crippen molar-refractivity contribution in [3.63, 3.8) is 0 Å². The summed E-state index contributed by atoms with van der Waals surface area (Å²) >= 11 is 6.15. The molecule has 2 N–H and O–H groups in total. The van der Waals surface area contributed by atoms with Crippen LogP contribution in [0.3, 0.4) is 0 Å². The maximum absolute atomic E-state index is 6.15. The number of halogens is 2. The van der Waals surface area contributed by atoms with E-state index in [4.69, 9.17) is 16.6 Å². The van der Waals surface area contributed by atoms with Crippen molar-refractivity contribution in [3.05, 3.63) is 64.9 Å². The van der Waals surface area contributed by atoms with Crippen LogP contribution in [0.2, 0.25) is 5.02 Å². The number of nitrogens with zero attached hydrogens (tertiary/aromatic N) is 2. The molecule has 0 spiro atoms. The Morgan fingerprint density at radius 1 is 1.23 bits per heavy atom. The van der Waals surface area contributed by atoms with E-state index in [0.29, 0.717) is 0 Å². The zero-order valence-electron chi connectivity index (χ0n) is 15.0. The third kappa shape index (κ3) is 5.84. The lowest BCUT2D eigenvalue weighted by atomic mass is 9.96. The Hall–Kier alpha value is -1.34. The number of nitrogens with one attached hydrogen (secondary N) is 2. The van der Waals surface area contributed by atoms with Crippen molar-refractivity contribution in [2.45, 2.75) is 31.6 Å². The molecule has 3 rings (SSSR count). The van der Waals surface area contributed by atoms with E-state index in [0.717, 1.165) is 37.0 Å². The third-order valence-corrected chi connectivity index (χ3v) is 4.84. The lowest BCUT2D eigenvalue weighted by Gasteiger charge is -2.16. The van der Waals surface area contributed by atoms with E-state index in [2.05, 4.69) is 40.7 Å². The highest BCUT2D eigenvalue weighted by Crippen LogP contribution is 2.48. The maximum Gasteiger partial charge on any atom is 0.191 e. The van der Waals surface area contributed by atoms with Gasteiger partial charge in [-0.3, -0.25) is 9.98 Å². The van der Waals surface area contributed by atoms with Crippen molar-refractivity contribution < 1.29 is 0 Å². The quantitative estimate of drug-likeness (QED) is 0.352. The van der Waals surface area contributed by atoms with Crippen LogP contribution in [-0.4, -0.2) is 30.6 Å². The van der Waals surface area contributed by atoms with Gasteiger partial charge in [0.2, 0.25) is 0 Å². The zero-order chi connectivity index (χ0) is 17.5. The number of hydrogen-bond donors (Lipinski definition) is 2. The van der Waals surface area contributed by atoms with Gasteiger partial charge in [-0.2, -0.15) is 0 Å². The molecule has 1 fully saturated rings. The summed E-state index contributed by atoms with van der Waals surface area (Å²) in [6, 6.07) is 12.3. The second-order valence-electron chi connectivity index (χ2n) is 6.52. The van der Waals surface area contributed by atoms with Crippen LogP contribution in [0.15, 0.2) is 53.8 Å². The predicted octanol–water partition coefficient (Wildman–Crippen LogP) is 4.18. The van der Waals surface area contributed by atoms with Gasteiger partial charge >= 0.3 is 0 Å². The Labute approximate surface area is 177 Å². The first-order valence-electron chi connectivity index (χ1n) is 8.89. The molecule has 0 atom stereocenters. The maximum atomic E-state index is 6.15. The monoisotopic (exact) mass is 484 g/mol. The highest BCUT2D eigenvalue weighted by atomic mass is 127. The van der Waals surface area contributed by atoms with E-state index in [9.17, 15) is 0 Å². The van der Waals surface area contributed by atoms with Crippen molar-refractivity contribution in [3.8, 4) is 0 Å². The number of hydrogen-bond acceptors (Lipinski definition) is 2. The highest BCUT2D eigenvalue weighted by Gasteiger charge is 2.44. The van der Waals surface area contributed by atoms with Crippen molar-refractivity contribution in [1.82, 2.24) is 15.6 Å². The molecule has 2 aromatic rings. The van der Waals surface area contributed by atoms with Gasteiger partial charge in [-0.05, 0) is 55.5 Å². The Kier molecular flexibility index (Phi) is 8.15. The lowest BCUT2D eigenvalue weighted by Crippen LogP contribution is -2.39. The summed E-state index contributed by atoms with van der Waals surface area (Å²) in [6.45, 7) is 4.56. The van der Waals surface area contributed by atoms with E-state index in [1.807, 2.05) is 24.4 Å². The molecule has 1 aromatic carbocycles. The number of pyridine rings is 1. The zero-order valence-corrected chi connectivity index (χ0v) is 18.1. The molecular weight excluding hydrogens is 459 g/mol. The van der Waals surface area contributed by atoms with Crippen LogP contribution in [0, 0.1) is 0 Å². The van der Waals surface area contributed by atoms with E-state index in [-0.39, 0.29) is 29.4 Å². The van der Waals surface area contributed by atoms with E-state index in [1.54, 1.807) is 6.20 Å². The van der Waals surface area contributed by atoms with Crippen LogP contribution in [-0.2, 0) is 11.8 Å². The van der Waals surface area contributed by atoms with Gasteiger partial charge in [0, 0.05) is 35.9 Å². The van der Waals surface area contributed by atoms with Crippen LogP contribution < -0.4 is 10.6 Å². The van der Waals surface area contributed by atoms with E-state index >= 15 is 0 Å². The summed E-state index contributed by atoms with van der Waals surface area (Å²) in [5, 5.41) is 7.55. The molecule has 6 heteroatoms. The normalized spacial score (nSPS) is 15.1. The first kappa shape index (κ1) is 21.0. The SMILES string of the molecule is CCNC(=NCC1(c2cccc(Cl)c2)CC1)NCCc1cccnc1.I. The van der Waals surface area contributed by atoms with Crippen LogP contribution in [0.5, 0.6) is 0 Å². The molecule has 0 saturated heterocycles. The predicted molar refractivity (Wildman–Crippen MR) is 120 cm³/mol. The first-order valence-corrected chi connectivity index (χ1v) is 9.27. The molecule has 1 aromatic heterocycles. The summed E-state index contributed by atoms with van der Waals surface area (Å²) in [5.74, 6) is 0.875. The number of benzene rings is 1. The molecule has 0 radical (unpaired) electrons. The number of rotatable bonds is 7. The van der Waals surface area contributed by atoms with Gasteiger partial charge in [-0.1, -0.05) is 29.8 Å². The Balaban J connectivity index is 0.00000243. The smallest absolute Gasteiger partial charge is 0.191 e. The molecule has 1 heterocycles. The van der Waals surface area contributed by atoms with E-state index < -0.39 is 0 Å². The topological polar surface area (TPSA) is 49.3 Å². The Morgan fingerprint density at radius 3 is 2.73 bits per heavy atom. The van der Waals surface area contributed by atoms with Crippen LogP contribution in [0.1, 0.15) is 30.9 Å². The molecule has 0 unspecified atom stereocenters. The van der Waals surface area contributed by atoms with Crippen LogP contribution >= 0.6 is 35.6 Å². The molecular formula is C20H26ClIN4. The fourth-order valence-corrected chi connectivity index (χ4v) is 3.14. The molecule has 4 nitrogen and oxygen atoms in total. The number of aromatic nitrogens is 1. The molecule has 1 aliphatic carbocycles. The van der Waals surface area contributed by atoms with Crippen LogP contribution in [0.25, 0.3) is 0 Å². The Morgan fingerprint density at radius 2 is 2.08 bits per heavy atom. The van der Waals surface area contributed by atoms with Crippen LogP contribution in [0.4, 0.5) is 0 Å². The van der Waals surface area contributed by atoms with Crippen molar-refractivity contribution in [2.75, 3.05) is 19.6 Å². The van der Waals surface area contributed by atoms with Gasteiger partial charge in [0.05, 0.1) is 6.54 Å². The molecule has 1 saturated carbocycles. The van der Waals surface area contributed by atoms with Crippen molar-refractivity contribution >= 4 is 41.5 Å². The molecule has 0 bridgehead atoms. The minimum absolute atomic E-state index is 0. The molecule has 0 amide bonds. The average molecular weight is 485 g/mol. The average Bonchev–Trinajstić information content (AvgIpc) is 3.42. The Bertz CT molecular complexity index is 717. The number of aliphatic imine (C=N–C) groups is 1. The first-order chi connectivity index (χ1) is 12.2. The second-order valence-corrected chi connectivity index (χ2v) is 6.96. The highest BCUT2D eigenvalue weighted by molar-refractivity contribution is 14.0. The van der Waals surface area contributed by atoms with Gasteiger partial charge in [0.25, 0.3) is 0 Å². The van der Waals surface area contributed by atoms with Crippen molar-refractivity contribution in [1.29, 1.82) is 0 Å². The molecule has 1 aliphatic rings. The summed E-state index contributed by atoms with van der Waals surface area (Å²) < 4.78 is 0. The minimum atomic E-state index is 0. The fraction of sp³-hybridized carbons (Fsp3) is 0.400. The van der Waals surface area contributed by atoms with Gasteiger partial charge < -0.3 is 10.6 Å². The van der Waals surface area contributed by atoms with Gasteiger partial charge in [-0.25, -0.2) is 0 Å². The van der Waals surface area contributed by atoms with Gasteiger partial charge in [-0.15, -0.1) is 24.0 Å². The summed E-state index contributed by atoms with van der Waals surface area (Å²) in [6.07, 6.45) is 6.98. The molecule has 26 heavy (non-hydrogen) atoms. The largest absolute Gasteiger partial charge is 0.357 e. The summed E-state index contributed by atoms with van der Waals surface area (Å²) in [5.41, 5.74) is 2.69. The molecule has 0 aliphatic heterocycles. The van der Waals surface area contributed by atoms with Gasteiger partial charge in [0.1, 0.15) is 0 Å². The molecule has 140 valence electrons.